The number of oxazole rings is 1. The number of nitrogens with zero attached hydrogens (tertiary/aromatic N) is 2. The van der Waals surface area contributed by atoms with Crippen LogP contribution in [0.25, 0.3) is 11.3 Å². The molecule has 1 heterocycles. The van der Waals surface area contributed by atoms with Crippen LogP contribution in [0.2, 0.25) is 0 Å². The molecule has 0 radical (unpaired) electrons. The van der Waals surface area contributed by atoms with Gasteiger partial charge in [-0.3, -0.25) is 0 Å². The van der Waals surface area contributed by atoms with Crippen LogP contribution in [0, 0.1) is 11.3 Å². The summed E-state index contributed by atoms with van der Waals surface area (Å²) in [4.78, 5) is 4.45. The summed E-state index contributed by atoms with van der Waals surface area (Å²) in [7, 11) is 0. The minimum atomic E-state index is 0.534. The van der Waals surface area contributed by atoms with E-state index in [2.05, 4.69) is 11.1 Å². The van der Waals surface area contributed by atoms with Gasteiger partial charge in [-0.2, -0.15) is 5.26 Å². The lowest BCUT2D eigenvalue weighted by Gasteiger charge is -1.94. The van der Waals surface area contributed by atoms with Crippen molar-refractivity contribution in [1.29, 1.82) is 5.26 Å². The predicted octanol–water partition coefficient (Wildman–Crippen LogP) is 3.09. The molecule has 0 amide bonds. The molecule has 1 saturated carbocycles. The molecule has 3 rings (SSSR count). The van der Waals surface area contributed by atoms with Crippen LogP contribution in [-0.4, -0.2) is 4.98 Å². The van der Waals surface area contributed by atoms with Crippen LogP contribution in [0.4, 0.5) is 0 Å². The van der Waals surface area contributed by atoms with E-state index < -0.39 is 0 Å². The number of aromatic nitrogens is 1. The normalized spacial score (nSPS) is 14.7. The van der Waals surface area contributed by atoms with Crippen molar-refractivity contribution in [2.45, 2.75) is 18.8 Å². The number of nitriles is 1. The Bertz CT molecular complexity index is 544. The number of rotatable bonds is 2. The first-order chi connectivity index (χ1) is 7.86. The van der Waals surface area contributed by atoms with Crippen LogP contribution in [0.5, 0.6) is 0 Å². The standard InChI is InChI=1S/C13H10N2O/c14-7-9-1-3-10(4-2-9)12-8-16-13(15-12)11-5-6-11/h1-4,8,11H,5-6H2. The van der Waals surface area contributed by atoms with Crippen LogP contribution < -0.4 is 0 Å². The van der Waals surface area contributed by atoms with Gasteiger partial charge in [-0.1, -0.05) is 12.1 Å². The van der Waals surface area contributed by atoms with E-state index in [1.165, 1.54) is 12.8 Å². The average molecular weight is 210 g/mol. The van der Waals surface area contributed by atoms with Crippen molar-refractivity contribution in [3.63, 3.8) is 0 Å². The molecule has 2 aromatic rings. The molecule has 3 heteroatoms. The Morgan fingerprint density at radius 2 is 2.00 bits per heavy atom. The molecule has 0 spiro atoms. The Hall–Kier alpha value is -2.08. The van der Waals surface area contributed by atoms with Gasteiger partial charge in [0.05, 0.1) is 11.6 Å². The summed E-state index contributed by atoms with van der Waals surface area (Å²) in [6.07, 6.45) is 4.07. The fraction of sp³-hybridized carbons (Fsp3) is 0.231. The first-order valence-corrected chi connectivity index (χ1v) is 5.33. The lowest BCUT2D eigenvalue weighted by atomic mass is 10.1. The van der Waals surface area contributed by atoms with E-state index in [0.717, 1.165) is 17.1 Å². The van der Waals surface area contributed by atoms with E-state index in [1.807, 2.05) is 12.1 Å². The van der Waals surface area contributed by atoms with Gasteiger partial charge in [-0.05, 0) is 25.0 Å². The Morgan fingerprint density at radius 3 is 2.62 bits per heavy atom. The van der Waals surface area contributed by atoms with E-state index >= 15 is 0 Å². The molecule has 1 aliphatic carbocycles. The van der Waals surface area contributed by atoms with Crippen LogP contribution in [0.15, 0.2) is 34.9 Å². The second-order valence-electron chi connectivity index (χ2n) is 4.03. The van der Waals surface area contributed by atoms with Crippen molar-refractivity contribution in [3.05, 3.63) is 42.0 Å². The molecular weight excluding hydrogens is 200 g/mol. The Morgan fingerprint density at radius 1 is 1.25 bits per heavy atom. The van der Waals surface area contributed by atoms with Gasteiger partial charge in [-0.15, -0.1) is 0 Å². The van der Waals surface area contributed by atoms with E-state index in [-0.39, 0.29) is 0 Å². The Balaban J connectivity index is 1.92. The first-order valence-electron chi connectivity index (χ1n) is 5.33. The Labute approximate surface area is 93.3 Å². The van der Waals surface area contributed by atoms with Crippen molar-refractivity contribution < 1.29 is 4.42 Å². The maximum atomic E-state index is 8.70. The first kappa shape index (κ1) is 9.17. The molecule has 1 aliphatic rings. The summed E-state index contributed by atoms with van der Waals surface area (Å²) in [5.74, 6) is 1.38. The smallest absolute Gasteiger partial charge is 0.197 e. The zero-order chi connectivity index (χ0) is 11.0. The van der Waals surface area contributed by atoms with E-state index in [1.54, 1.807) is 18.4 Å². The molecule has 0 bridgehead atoms. The van der Waals surface area contributed by atoms with Gasteiger partial charge < -0.3 is 4.42 Å². The minimum absolute atomic E-state index is 0.534. The third kappa shape index (κ3) is 1.59. The molecule has 0 unspecified atom stereocenters. The van der Waals surface area contributed by atoms with Gasteiger partial charge in [-0.25, -0.2) is 4.98 Å². The summed E-state index contributed by atoms with van der Waals surface area (Å²) < 4.78 is 5.42. The van der Waals surface area contributed by atoms with Crippen molar-refractivity contribution in [2.75, 3.05) is 0 Å². The van der Waals surface area contributed by atoms with Gasteiger partial charge in [0.1, 0.15) is 12.0 Å². The number of benzene rings is 1. The zero-order valence-corrected chi connectivity index (χ0v) is 8.68. The number of hydrogen-bond acceptors (Lipinski definition) is 3. The molecule has 0 saturated heterocycles. The molecule has 1 aromatic carbocycles. The zero-order valence-electron chi connectivity index (χ0n) is 8.68. The van der Waals surface area contributed by atoms with Crippen molar-refractivity contribution in [2.24, 2.45) is 0 Å². The summed E-state index contributed by atoms with van der Waals surface area (Å²) in [5.41, 5.74) is 2.51. The van der Waals surface area contributed by atoms with Crippen molar-refractivity contribution >= 4 is 0 Å². The summed E-state index contributed by atoms with van der Waals surface area (Å²) >= 11 is 0. The van der Waals surface area contributed by atoms with Gasteiger partial charge in [0, 0.05) is 11.5 Å². The predicted molar refractivity (Wildman–Crippen MR) is 58.6 cm³/mol. The van der Waals surface area contributed by atoms with Crippen LogP contribution in [0.3, 0.4) is 0 Å². The van der Waals surface area contributed by atoms with Crippen LogP contribution in [0.1, 0.15) is 30.2 Å². The lowest BCUT2D eigenvalue weighted by molar-refractivity contribution is 0.497. The quantitative estimate of drug-likeness (QED) is 0.765. The van der Waals surface area contributed by atoms with E-state index in [9.17, 15) is 0 Å². The third-order valence-electron chi connectivity index (χ3n) is 2.76. The van der Waals surface area contributed by atoms with Crippen molar-refractivity contribution in [1.82, 2.24) is 4.98 Å². The average Bonchev–Trinajstić information content (AvgIpc) is 3.08. The van der Waals surface area contributed by atoms with Gasteiger partial charge in [0.2, 0.25) is 0 Å². The molecule has 0 atom stereocenters. The summed E-state index contributed by atoms with van der Waals surface area (Å²) in [6, 6.07) is 9.47. The lowest BCUT2D eigenvalue weighted by Crippen LogP contribution is -1.81. The van der Waals surface area contributed by atoms with Gasteiger partial charge in [0.15, 0.2) is 5.89 Å². The maximum Gasteiger partial charge on any atom is 0.197 e. The highest BCUT2D eigenvalue weighted by Gasteiger charge is 2.28. The largest absolute Gasteiger partial charge is 0.448 e. The second-order valence-corrected chi connectivity index (χ2v) is 4.03. The molecule has 16 heavy (non-hydrogen) atoms. The Kier molecular flexibility index (Phi) is 2.00. The second kappa shape index (κ2) is 3.49. The van der Waals surface area contributed by atoms with Gasteiger partial charge >= 0.3 is 0 Å². The molecular formula is C13H10N2O. The fourth-order valence-corrected chi connectivity index (χ4v) is 1.65. The maximum absolute atomic E-state index is 8.70. The van der Waals surface area contributed by atoms with Crippen LogP contribution >= 0.6 is 0 Å². The fourth-order valence-electron chi connectivity index (χ4n) is 1.65. The van der Waals surface area contributed by atoms with E-state index in [4.69, 9.17) is 9.68 Å². The molecule has 1 aromatic heterocycles. The molecule has 0 N–H and O–H groups in total. The highest BCUT2D eigenvalue weighted by molar-refractivity contribution is 5.59. The SMILES string of the molecule is N#Cc1ccc(-c2coc(C3CC3)n2)cc1. The van der Waals surface area contributed by atoms with E-state index in [0.29, 0.717) is 11.5 Å². The molecule has 0 aliphatic heterocycles. The highest BCUT2D eigenvalue weighted by atomic mass is 16.3. The van der Waals surface area contributed by atoms with Gasteiger partial charge in [0.25, 0.3) is 0 Å². The van der Waals surface area contributed by atoms with Crippen molar-refractivity contribution in [3.8, 4) is 17.3 Å². The van der Waals surface area contributed by atoms with Crippen LogP contribution in [-0.2, 0) is 0 Å². The molecule has 3 nitrogen and oxygen atoms in total. The highest BCUT2D eigenvalue weighted by Crippen LogP contribution is 2.40. The third-order valence-corrected chi connectivity index (χ3v) is 2.76. The molecule has 1 fully saturated rings. The number of hydrogen-bond donors (Lipinski definition) is 0. The summed E-state index contributed by atoms with van der Waals surface area (Å²) in [5, 5.41) is 8.70. The topological polar surface area (TPSA) is 49.8 Å². The molecule has 78 valence electrons. The monoisotopic (exact) mass is 210 g/mol. The summed E-state index contributed by atoms with van der Waals surface area (Å²) in [6.45, 7) is 0. The minimum Gasteiger partial charge on any atom is -0.448 e.